The van der Waals surface area contributed by atoms with Gasteiger partial charge in [0, 0.05) is 24.8 Å². The minimum Gasteiger partial charge on any atom is -0.465 e. The zero-order valence-electron chi connectivity index (χ0n) is 15.1. The van der Waals surface area contributed by atoms with Gasteiger partial charge in [0.25, 0.3) is 5.91 Å². The van der Waals surface area contributed by atoms with Crippen molar-refractivity contribution in [1.82, 2.24) is 9.88 Å². The molecule has 0 spiro atoms. The van der Waals surface area contributed by atoms with Crippen LogP contribution in [0, 0.1) is 18.8 Å². The molecule has 3 N–H and O–H groups in total. The fourth-order valence-corrected chi connectivity index (χ4v) is 4.37. The van der Waals surface area contributed by atoms with E-state index in [2.05, 4.69) is 4.98 Å². The lowest BCUT2D eigenvalue weighted by atomic mass is 9.98. The van der Waals surface area contributed by atoms with E-state index in [9.17, 15) is 9.59 Å². The molecule has 2 fully saturated rings. The number of nitrogens with zero attached hydrogens (tertiary/aromatic N) is 1. The van der Waals surface area contributed by atoms with Crippen LogP contribution < -0.4 is 5.73 Å². The van der Waals surface area contributed by atoms with Gasteiger partial charge >= 0.3 is 5.97 Å². The van der Waals surface area contributed by atoms with Gasteiger partial charge in [0.15, 0.2) is 0 Å². The summed E-state index contributed by atoms with van der Waals surface area (Å²) < 4.78 is 4.90. The van der Waals surface area contributed by atoms with Crippen molar-refractivity contribution in [3.05, 3.63) is 22.5 Å². The molecule has 140 valence electrons. The average Bonchev–Trinajstić information content (AvgIpc) is 3.22. The zero-order valence-corrected chi connectivity index (χ0v) is 15.9. The van der Waals surface area contributed by atoms with E-state index in [1.165, 1.54) is 7.11 Å². The molecule has 1 saturated heterocycles. The monoisotopic (exact) mass is 369 g/mol. The molecule has 3 unspecified atom stereocenters. The molecule has 0 radical (unpaired) electrons. The van der Waals surface area contributed by atoms with Gasteiger partial charge in [-0.25, -0.2) is 4.79 Å². The maximum atomic E-state index is 13.1. The Hall–Kier alpha value is -1.53. The molecule has 1 aliphatic heterocycles. The van der Waals surface area contributed by atoms with Gasteiger partial charge in [0.05, 0.1) is 12.7 Å². The summed E-state index contributed by atoms with van der Waals surface area (Å²) in [7, 11) is 1.37. The molecule has 2 heterocycles. The average molecular weight is 370 g/mol. The summed E-state index contributed by atoms with van der Waals surface area (Å²) in [5.41, 5.74) is 8.72. The van der Waals surface area contributed by atoms with Gasteiger partial charge in [-0.2, -0.15) is 0 Å². The number of rotatable bonds is 4. The number of H-pyrrole nitrogens is 1. The van der Waals surface area contributed by atoms with E-state index in [1.807, 2.05) is 18.7 Å². The second kappa shape index (κ2) is 7.79. The van der Waals surface area contributed by atoms with Gasteiger partial charge in [0.2, 0.25) is 0 Å². The molecular weight excluding hydrogens is 342 g/mol. The van der Waals surface area contributed by atoms with Crippen molar-refractivity contribution in [1.29, 1.82) is 0 Å². The lowest BCUT2D eigenvalue weighted by Crippen LogP contribution is -2.34. The summed E-state index contributed by atoms with van der Waals surface area (Å²) in [6, 6.07) is 0.207. The van der Waals surface area contributed by atoms with E-state index in [1.54, 1.807) is 0 Å². The van der Waals surface area contributed by atoms with Crippen LogP contribution in [0.1, 0.15) is 58.3 Å². The Balaban J connectivity index is 0.00000225. The Morgan fingerprint density at radius 3 is 2.64 bits per heavy atom. The Morgan fingerprint density at radius 2 is 2.04 bits per heavy atom. The maximum absolute atomic E-state index is 13.1. The highest BCUT2D eigenvalue weighted by molar-refractivity contribution is 6.00. The van der Waals surface area contributed by atoms with E-state index < -0.39 is 0 Å². The summed E-state index contributed by atoms with van der Waals surface area (Å²) in [5, 5.41) is 0. The molecule has 1 aromatic heterocycles. The molecule has 25 heavy (non-hydrogen) atoms. The standard InChI is InChI=1S/C18H27N3O3.ClH/c1-4-5-12-15(18(23)24-3)10(2)20-16(12)17(22)21-8-11-6-7-14(19)13(11)9-21;/h11,13-14,20H,4-9,19H2,1-3H3;1H. The van der Waals surface area contributed by atoms with Crippen LogP contribution >= 0.6 is 12.4 Å². The van der Waals surface area contributed by atoms with Crippen LogP contribution in [0.15, 0.2) is 0 Å². The number of esters is 1. The van der Waals surface area contributed by atoms with Crippen molar-refractivity contribution in [3.8, 4) is 0 Å². The number of likely N-dealkylation sites (tertiary alicyclic amines) is 1. The number of aromatic nitrogens is 1. The number of aryl methyl sites for hydroxylation is 1. The van der Waals surface area contributed by atoms with Crippen LogP contribution in [0.4, 0.5) is 0 Å². The lowest BCUT2D eigenvalue weighted by molar-refractivity contribution is 0.0599. The highest BCUT2D eigenvalue weighted by Gasteiger charge is 2.43. The number of carbonyl (C=O) groups excluding carboxylic acids is 2. The molecule has 6 nitrogen and oxygen atoms in total. The van der Waals surface area contributed by atoms with Gasteiger partial charge in [-0.05, 0) is 43.6 Å². The lowest BCUT2D eigenvalue weighted by Gasteiger charge is -2.19. The van der Waals surface area contributed by atoms with Gasteiger partial charge in [0.1, 0.15) is 5.69 Å². The maximum Gasteiger partial charge on any atom is 0.339 e. The number of methoxy groups -OCH3 is 1. The molecule has 0 aromatic carbocycles. The number of hydrogen-bond acceptors (Lipinski definition) is 4. The van der Waals surface area contributed by atoms with E-state index in [4.69, 9.17) is 10.5 Å². The number of hydrogen-bond donors (Lipinski definition) is 2. The minimum atomic E-state index is -0.383. The van der Waals surface area contributed by atoms with Crippen LogP contribution in [0.5, 0.6) is 0 Å². The molecule has 2 aliphatic rings. The Bertz CT molecular complexity index is 658. The summed E-state index contributed by atoms with van der Waals surface area (Å²) in [6.07, 6.45) is 3.70. The van der Waals surface area contributed by atoms with E-state index in [-0.39, 0.29) is 30.3 Å². The summed E-state index contributed by atoms with van der Waals surface area (Å²) in [6.45, 7) is 5.35. The number of amides is 1. The first kappa shape index (κ1) is 19.8. The molecule has 3 atom stereocenters. The van der Waals surface area contributed by atoms with E-state index >= 15 is 0 Å². The first-order valence-corrected chi connectivity index (χ1v) is 8.82. The number of fused-ring (bicyclic) bond motifs is 1. The van der Waals surface area contributed by atoms with Crippen molar-refractivity contribution in [3.63, 3.8) is 0 Å². The third-order valence-electron chi connectivity index (χ3n) is 5.59. The van der Waals surface area contributed by atoms with Crippen molar-refractivity contribution in [2.24, 2.45) is 17.6 Å². The largest absolute Gasteiger partial charge is 0.465 e. The number of halogens is 1. The molecule has 1 aliphatic carbocycles. The second-order valence-electron chi connectivity index (χ2n) is 7.10. The molecule has 1 amide bonds. The van der Waals surface area contributed by atoms with Crippen molar-refractivity contribution in [2.75, 3.05) is 20.2 Å². The molecule has 3 rings (SSSR count). The van der Waals surface area contributed by atoms with Crippen molar-refractivity contribution < 1.29 is 14.3 Å². The normalized spacial score (nSPS) is 24.8. The summed E-state index contributed by atoms with van der Waals surface area (Å²) in [4.78, 5) is 30.2. The van der Waals surface area contributed by atoms with Gasteiger partial charge in [-0.15, -0.1) is 12.4 Å². The van der Waals surface area contributed by atoms with Crippen LogP contribution in [-0.4, -0.2) is 48.0 Å². The smallest absolute Gasteiger partial charge is 0.339 e. The Kier molecular flexibility index (Phi) is 6.16. The number of aromatic amines is 1. The third kappa shape index (κ3) is 3.42. The first-order chi connectivity index (χ1) is 11.5. The van der Waals surface area contributed by atoms with Crippen LogP contribution in [0.2, 0.25) is 0 Å². The second-order valence-corrected chi connectivity index (χ2v) is 7.10. The zero-order chi connectivity index (χ0) is 17.4. The van der Waals surface area contributed by atoms with Crippen LogP contribution in [-0.2, 0) is 11.2 Å². The molecule has 0 bridgehead atoms. The number of nitrogens with one attached hydrogen (secondary N) is 1. The van der Waals surface area contributed by atoms with E-state index in [0.717, 1.165) is 37.9 Å². The van der Waals surface area contributed by atoms with Gasteiger partial charge < -0.3 is 20.4 Å². The molecule has 1 saturated carbocycles. The van der Waals surface area contributed by atoms with Crippen molar-refractivity contribution >= 4 is 24.3 Å². The molecule has 1 aromatic rings. The molecular formula is C18H28ClN3O3. The quantitative estimate of drug-likeness (QED) is 0.797. The third-order valence-corrected chi connectivity index (χ3v) is 5.59. The van der Waals surface area contributed by atoms with Crippen LogP contribution in [0.3, 0.4) is 0 Å². The summed E-state index contributed by atoms with van der Waals surface area (Å²) in [5.74, 6) is 0.541. The highest BCUT2D eigenvalue weighted by atomic mass is 35.5. The topological polar surface area (TPSA) is 88.4 Å². The predicted molar refractivity (Wildman–Crippen MR) is 98.2 cm³/mol. The van der Waals surface area contributed by atoms with Crippen LogP contribution in [0.25, 0.3) is 0 Å². The molecule has 7 heteroatoms. The summed E-state index contributed by atoms with van der Waals surface area (Å²) >= 11 is 0. The minimum absolute atomic E-state index is 0. The number of ether oxygens (including phenoxy) is 1. The van der Waals surface area contributed by atoms with E-state index in [0.29, 0.717) is 35.2 Å². The van der Waals surface area contributed by atoms with Gasteiger partial charge in [-0.3, -0.25) is 4.79 Å². The van der Waals surface area contributed by atoms with Crippen molar-refractivity contribution in [2.45, 2.75) is 45.6 Å². The fraction of sp³-hybridized carbons (Fsp3) is 0.667. The SMILES string of the molecule is CCCc1c(C(=O)N2CC3CCC(N)C3C2)[nH]c(C)c1C(=O)OC.Cl. The predicted octanol–water partition coefficient (Wildman–Crippen LogP) is 2.29. The van der Waals surface area contributed by atoms with Gasteiger partial charge in [-0.1, -0.05) is 13.3 Å². The highest BCUT2D eigenvalue weighted by Crippen LogP contribution is 2.38. The fourth-order valence-electron chi connectivity index (χ4n) is 4.37. The Morgan fingerprint density at radius 1 is 1.32 bits per heavy atom. The first-order valence-electron chi connectivity index (χ1n) is 8.82. The number of carbonyl (C=O) groups is 2. The Labute approximate surface area is 154 Å². The number of nitrogens with two attached hydrogens (primary N) is 1.